The highest BCUT2D eigenvalue weighted by molar-refractivity contribution is 7.18. The Morgan fingerprint density at radius 2 is 2.05 bits per heavy atom. The van der Waals surface area contributed by atoms with Crippen LogP contribution in [-0.4, -0.2) is 41.1 Å². The van der Waals surface area contributed by atoms with Crippen molar-refractivity contribution in [2.45, 2.75) is 20.8 Å². The topological polar surface area (TPSA) is 38.2 Å². The van der Waals surface area contributed by atoms with E-state index in [9.17, 15) is 0 Å². The van der Waals surface area contributed by atoms with E-state index in [1.165, 1.54) is 4.88 Å². The largest absolute Gasteiger partial charge is 0.476 e. The molecule has 19 heavy (non-hydrogen) atoms. The molecule has 0 radical (unpaired) electrons. The Hall–Kier alpha value is -0.910. The maximum Gasteiger partial charge on any atom is 0.227 e. The number of thiophene rings is 1. The zero-order chi connectivity index (χ0) is 13.8. The van der Waals surface area contributed by atoms with E-state index in [-0.39, 0.29) is 5.28 Å². The van der Waals surface area contributed by atoms with Crippen molar-refractivity contribution in [3.63, 3.8) is 0 Å². The Bertz CT molecular complexity index is 554. The van der Waals surface area contributed by atoms with Crippen LogP contribution < -0.4 is 4.74 Å². The molecular weight excluding hydrogens is 282 g/mol. The van der Waals surface area contributed by atoms with Crippen LogP contribution in [0.5, 0.6) is 5.88 Å². The predicted octanol–water partition coefficient (Wildman–Crippen LogP) is 3.37. The quantitative estimate of drug-likeness (QED) is 0.767. The first-order chi connectivity index (χ1) is 9.13. The molecule has 0 N–H and O–H groups in total. The number of likely N-dealkylation sites (N-methyl/N-ethyl adjacent to an activating group) is 1. The summed E-state index contributed by atoms with van der Waals surface area (Å²) in [5.74, 6) is 0.589. The zero-order valence-corrected chi connectivity index (χ0v) is 13.0. The van der Waals surface area contributed by atoms with Gasteiger partial charge in [0.25, 0.3) is 0 Å². The van der Waals surface area contributed by atoms with Gasteiger partial charge in [0.15, 0.2) is 0 Å². The van der Waals surface area contributed by atoms with Crippen LogP contribution in [-0.2, 0) is 0 Å². The first-order valence-electron chi connectivity index (χ1n) is 6.42. The van der Waals surface area contributed by atoms with E-state index in [0.29, 0.717) is 12.5 Å². The molecular formula is C13H18ClN3OS. The van der Waals surface area contributed by atoms with Crippen molar-refractivity contribution in [1.82, 2.24) is 14.9 Å². The van der Waals surface area contributed by atoms with Crippen LogP contribution in [0.4, 0.5) is 0 Å². The summed E-state index contributed by atoms with van der Waals surface area (Å²) < 4.78 is 5.78. The minimum Gasteiger partial charge on any atom is -0.476 e. The summed E-state index contributed by atoms with van der Waals surface area (Å²) in [4.78, 5) is 12.8. The van der Waals surface area contributed by atoms with E-state index >= 15 is 0 Å². The van der Waals surface area contributed by atoms with Gasteiger partial charge in [0.05, 0.1) is 5.39 Å². The normalized spacial score (nSPS) is 11.4. The average molecular weight is 300 g/mol. The molecule has 2 aromatic heterocycles. The van der Waals surface area contributed by atoms with Crippen molar-refractivity contribution in [2.75, 3.05) is 26.2 Å². The lowest BCUT2D eigenvalue weighted by molar-refractivity contribution is 0.219. The fourth-order valence-corrected chi connectivity index (χ4v) is 2.99. The second-order valence-electron chi connectivity index (χ2n) is 4.25. The molecule has 0 amide bonds. The second kappa shape index (κ2) is 6.50. The van der Waals surface area contributed by atoms with Gasteiger partial charge in [-0.1, -0.05) is 13.8 Å². The molecule has 0 aliphatic rings. The summed E-state index contributed by atoms with van der Waals surface area (Å²) >= 11 is 7.53. The molecule has 0 bridgehead atoms. The maximum atomic E-state index is 5.92. The summed E-state index contributed by atoms with van der Waals surface area (Å²) in [6.45, 7) is 9.88. The maximum absolute atomic E-state index is 5.92. The Labute approximate surface area is 122 Å². The van der Waals surface area contributed by atoms with Gasteiger partial charge in [0, 0.05) is 11.4 Å². The first kappa shape index (κ1) is 14.5. The molecule has 0 fully saturated rings. The summed E-state index contributed by atoms with van der Waals surface area (Å²) in [6.07, 6.45) is 0. The van der Waals surface area contributed by atoms with E-state index in [1.807, 2.05) is 13.0 Å². The van der Waals surface area contributed by atoms with E-state index in [2.05, 4.69) is 28.7 Å². The molecule has 0 atom stereocenters. The standard InChI is InChI=1S/C13H18ClN3OS/c1-4-17(5-2)6-7-18-11-10-8-9(3)19-12(10)16-13(14)15-11/h8H,4-7H2,1-3H3. The molecule has 2 aromatic rings. The number of rotatable bonds is 6. The summed E-state index contributed by atoms with van der Waals surface area (Å²) in [5.41, 5.74) is 0. The third-order valence-electron chi connectivity index (χ3n) is 2.99. The van der Waals surface area contributed by atoms with Crippen molar-refractivity contribution < 1.29 is 4.74 Å². The highest BCUT2D eigenvalue weighted by atomic mass is 35.5. The van der Waals surface area contributed by atoms with Gasteiger partial charge in [0.2, 0.25) is 11.2 Å². The Morgan fingerprint density at radius 1 is 1.32 bits per heavy atom. The number of aromatic nitrogens is 2. The highest BCUT2D eigenvalue weighted by Crippen LogP contribution is 2.30. The number of aryl methyl sites for hydroxylation is 1. The van der Waals surface area contributed by atoms with Crippen molar-refractivity contribution >= 4 is 33.2 Å². The minimum absolute atomic E-state index is 0.243. The number of hydrogen-bond donors (Lipinski definition) is 0. The lowest BCUT2D eigenvalue weighted by atomic mass is 10.3. The predicted molar refractivity (Wildman–Crippen MR) is 80.4 cm³/mol. The van der Waals surface area contributed by atoms with Gasteiger partial charge in [-0.15, -0.1) is 11.3 Å². The first-order valence-corrected chi connectivity index (χ1v) is 7.62. The van der Waals surface area contributed by atoms with Gasteiger partial charge < -0.3 is 9.64 Å². The number of nitrogens with zero attached hydrogens (tertiary/aromatic N) is 3. The third-order valence-corrected chi connectivity index (χ3v) is 4.11. The molecule has 4 nitrogen and oxygen atoms in total. The van der Waals surface area contributed by atoms with Crippen molar-refractivity contribution in [3.05, 3.63) is 16.2 Å². The molecule has 2 heterocycles. The number of hydrogen-bond acceptors (Lipinski definition) is 5. The van der Waals surface area contributed by atoms with Crippen molar-refractivity contribution in [2.24, 2.45) is 0 Å². The molecule has 104 valence electrons. The van der Waals surface area contributed by atoms with E-state index in [1.54, 1.807) is 11.3 Å². The Kier molecular flexibility index (Phi) is 4.96. The number of halogens is 1. The van der Waals surface area contributed by atoms with Crippen molar-refractivity contribution in [1.29, 1.82) is 0 Å². The fourth-order valence-electron chi connectivity index (χ4n) is 1.91. The van der Waals surface area contributed by atoms with Gasteiger partial charge in [-0.2, -0.15) is 4.98 Å². The van der Waals surface area contributed by atoms with Crippen LogP contribution in [0.15, 0.2) is 6.07 Å². The van der Waals surface area contributed by atoms with Crippen LogP contribution in [0.25, 0.3) is 10.2 Å². The molecule has 0 spiro atoms. The van der Waals surface area contributed by atoms with Gasteiger partial charge in [-0.05, 0) is 37.7 Å². The SMILES string of the molecule is CCN(CC)CCOc1nc(Cl)nc2sc(C)cc12. The van der Waals surface area contributed by atoms with Crippen LogP contribution in [0, 0.1) is 6.92 Å². The average Bonchev–Trinajstić information content (AvgIpc) is 2.74. The zero-order valence-electron chi connectivity index (χ0n) is 11.4. The van der Waals surface area contributed by atoms with Crippen molar-refractivity contribution in [3.8, 4) is 5.88 Å². The van der Waals surface area contributed by atoms with Crippen LogP contribution in [0.3, 0.4) is 0 Å². The fraction of sp³-hybridized carbons (Fsp3) is 0.538. The van der Waals surface area contributed by atoms with E-state index < -0.39 is 0 Å². The molecule has 0 aliphatic heterocycles. The van der Waals surface area contributed by atoms with Crippen LogP contribution >= 0.6 is 22.9 Å². The summed E-state index contributed by atoms with van der Waals surface area (Å²) in [6, 6.07) is 2.04. The molecule has 6 heteroatoms. The lowest BCUT2D eigenvalue weighted by Crippen LogP contribution is -2.28. The minimum atomic E-state index is 0.243. The van der Waals surface area contributed by atoms with Gasteiger partial charge in [-0.25, -0.2) is 4.98 Å². The van der Waals surface area contributed by atoms with Gasteiger partial charge in [-0.3, -0.25) is 0 Å². The molecule has 0 saturated heterocycles. The molecule has 0 unspecified atom stereocenters. The summed E-state index contributed by atoms with van der Waals surface area (Å²) in [5, 5.41) is 1.19. The van der Waals surface area contributed by atoms with E-state index in [4.69, 9.17) is 16.3 Å². The molecule has 0 aromatic carbocycles. The lowest BCUT2D eigenvalue weighted by Gasteiger charge is -2.17. The van der Waals surface area contributed by atoms with E-state index in [0.717, 1.165) is 29.9 Å². The number of ether oxygens (including phenoxy) is 1. The second-order valence-corrected chi connectivity index (χ2v) is 5.82. The van der Waals surface area contributed by atoms with Crippen LogP contribution in [0.2, 0.25) is 5.28 Å². The van der Waals surface area contributed by atoms with Gasteiger partial charge >= 0.3 is 0 Å². The number of fused-ring (bicyclic) bond motifs is 1. The smallest absolute Gasteiger partial charge is 0.227 e. The Morgan fingerprint density at radius 3 is 2.74 bits per heavy atom. The molecule has 0 saturated carbocycles. The third kappa shape index (κ3) is 3.55. The Balaban J connectivity index is 2.11. The molecule has 0 aliphatic carbocycles. The summed E-state index contributed by atoms with van der Waals surface area (Å²) in [7, 11) is 0. The monoisotopic (exact) mass is 299 g/mol. The van der Waals surface area contributed by atoms with Gasteiger partial charge in [0.1, 0.15) is 11.4 Å². The highest BCUT2D eigenvalue weighted by Gasteiger charge is 2.11. The molecule has 2 rings (SSSR count). The van der Waals surface area contributed by atoms with Crippen LogP contribution in [0.1, 0.15) is 18.7 Å².